The lowest BCUT2D eigenvalue weighted by Gasteiger charge is -2.19. The van der Waals surface area contributed by atoms with Crippen molar-refractivity contribution >= 4 is 39.4 Å². The van der Waals surface area contributed by atoms with Crippen molar-refractivity contribution < 1.29 is 9.59 Å². The first-order valence-corrected chi connectivity index (χ1v) is 8.01. The molecule has 3 unspecified atom stereocenters. The van der Waals surface area contributed by atoms with Gasteiger partial charge in [0.25, 0.3) is 0 Å². The van der Waals surface area contributed by atoms with E-state index in [1.165, 1.54) is 17.4 Å². The number of hydrazine groups is 1. The summed E-state index contributed by atoms with van der Waals surface area (Å²) in [5.41, 5.74) is 11.9. The lowest BCUT2D eigenvalue weighted by atomic mass is 10.0. The molecule has 1 aliphatic rings. The van der Waals surface area contributed by atoms with Gasteiger partial charge in [-0.2, -0.15) is 0 Å². The minimum Gasteiger partial charge on any atom is -0.368 e. The van der Waals surface area contributed by atoms with Gasteiger partial charge in [0, 0.05) is 12.1 Å². The smallest absolute Gasteiger partial charge is 0.244 e. The van der Waals surface area contributed by atoms with Crippen molar-refractivity contribution in [1.29, 1.82) is 0 Å². The standard InChI is InChI=1S/C15H17N5O2S/c1-8-13(14(15(16)22)20-19-8)18-11(21)6-7-12-17-9-4-2-3-5-10(9)23-12/h2-8,13-14,19-20H,1H3,(H2,16,22)(H,18,21)/b7-6+. The Kier molecular flexibility index (Phi) is 4.37. The van der Waals surface area contributed by atoms with Gasteiger partial charge in [-0.1, -0.05) is 12.1 Å². The third-order valence-electron chi connectivity index (χ3n) is 3.67. The number of hydrogen-bond donors (Lipinski definition) is 4. The summed E-state index contributed by atoms with van der Waals surface area (Å²) in [7, 11) is 0. The second kappa shape index (κ2) is 6.45. The molecule has 120 valence electrons. The summed E-state index contributed by atoms with van der Waals surface area (Å²) in [4.78, 5) is 27.9. The summed E-state index contributed by atoms with van der Waals surface area (Å²) in [6, 6.07) is 6.65. The van der Waals surface area contributed by atoms with Crippen LogP contribution < -0.4 is 21.9 Å². The Morgan fingerprint density at radius 1 is 1.35 bits per heavy atom. The summed E-state index contributed by atoms with van der Waals surface area (Å²) in [5, 5.41) is 3.54. The molecule has 0 aliphatic carbocycles. The Hall–Kier alpha value is -2.29. The van der Waals surface area contributed by atoms with E-state index in [-0.39, 0.29) is 11.9 Å². The highest BCUT2D eigenvalue weighted by atomic mass is 32.1. The monoisotopic (exact) mass is 331 g/mol. The van der Waals surface area contributed by atoms with Gasteiger partial charge >= 0.3 is 0 Å². The zero-order valence-electron chi connectivity index (χ0n) is 12.4. The van der Waals surface area contributed by atoms with Crippen molar-refractivity contribution in [2.45, 2.75) is 25.0 Å². The molecule has 5 N–H and O–H groups in total. The lowest BCUT2D eigenvalue weighted by Crippen LogP contribution is -2.52. The fraction of sp³-hybridized carbons (Fsp3) is 0.267. The molecule has 2 heterocycles. The van der Waals surface area contributed by atoms with Crippen molar-refractivity contribution in [2.24, 2.45) is 5.73 Å². The molecule has 1 fully saturated rings. The Bertz CT molecular complexity index is 739. The maximum atomic E-state index is 12.1. The summed E-state index contributed by atoms with van der Waals surface area (Å²) in [6.07, 6.45) is 3.08. The fourth-order valence-electron chi connectivity index (χ4n) is 2.47. The highest BCUT2D eigenvalue weighted by molar-refractivity contribution is 7.19. The predicted molar refractivity (Wildman–Crippen MR) is 89.3 cm³/mol. The molecular weight excluding hydrogens is 314 g/mol. The minimum absolute atomic E-state index is 0.104. The first kappa shape index (κ1) is 15.6. The van der Waals surface area contributed by atoms with E-state index in [1.54, 1.807) is 6.08 Å². The molecule has 7 nitrogen and oxygen atoms in total. The molecule has 2 amide bonds. The summed E-state index contributed by atoms with van der Waals surface area (Å²) < 4.78 is 1.07. The minimum atomic E-state index is -0.634. The van der Waals surface area contributed by atoms with E-state index in [0.717, 1.165) is 15.2 Å². The average molecular weight is 331 g/mol. The number of thiazole rings is 1. The number of nitrogens with one attached hydrogen (secondary N) is 3. The quantitative estimate of drug-likeness (QED) is 0.596. The zero-order chi connectivity index (χ0) is 16.4. The number of nitrogens with zero attached hydrogens (tertiary/aromatic N) is 1. The molecule has 0 bridgehead atoms. The van der Waals surface area contributed by atoms with Crippen molar-refractivity contribution in [3.8, 4) is 0 Å². The summed E-state index contributed by atoms with van der Waals surface area (Å²) >= 11 is 1.51. The van der Waals surface area contributed by atoms with E-state index < -0.39 is 18.0 Å². The van der Waals surface area contributed by atoms with E-state index in [0.29, 0.717) is 0 Å². The molecule has 3 rings (SSSR count). The number of fused-ring (bicyclic) bond motifs is 1. The zero-order valence-corrected chi connectivity index (χ0v) is 13.3. The molecule has 0 spiro atoms. The molecule has 0 saturated carbocycles. The Balaban J connectivity index is 1.67. The Labute approximate surface area is 136 Å². The van der Waals surface area contributed by atoms with Crippen LogP contribution >= 0.6 is 11.3 Å². The first-order valence-electron chi connectivity index (χ1n) is 7.19. The number of benzene rings is 1. The lowest BCUT2D eigenvalue weighted by molar-refractivity contribution is -0.121. The Morgan fingerprint density at radius 3 is 2.87 bits per heavy atom. The van der Waals surface area contributed by atoms with Gasteiger partial charge in [0.1, 0.15) is 11.0 Å². The van der Waals surface area contributed by atoms with Gasteiger partial charge < -0.3 is 11.1 Å². The fourth-order valence-corrected chi connectivity index (χ4v) is 3.34. The van der Waals surface area contributed by atoms with Crippen molar-refractivity contribution in [1.82, 2.24) is 21.2 Å². The van der Waals surface area contributed by atoms with E-state index in [2.05, 4.69) is 21.2 Å². The van der Waals surface area contributed by atoms with Crippen LogP contribution in [0.3, 0.4) is 0 Å². The second-order valence-corrected chi connectivity index (χ2v) is 6.41. The number of amides is 2. The number of rotatable bonds is 4. The van der Waals surface area contributed by atoms with Crippen molar-refractivity contribution in [2.75, 3.05) is 0 Å². The largest absolute Gasteiger partial charge is 0.368 e. The van der Waals surface area contributed by atoms with Crippen LogP contribution in [-0.4, -0.2) is 34.9 Å². The molecule has 0 radical (unpaired) electrons. The number of carbonyl (C=O) groups is 2. The molecule has 3 atom stereocenters. The maximum absolute atomic E-state index is 12.1. The molecule has 1 aromatic carbocycles. The molecule has 8 heteroatoms. The number of carbonyl (C=O) groups excluding carboxylic acids is 2. The predicted octanol–water partition coefficient (Wildman–Crippen LogP) is 0.145. The van der Waals surface area contributed by atoms with Crippen LogP contribution in [0.4, 0.5) is 0 Å². The molecule has 1 aliphatic heterocycles. The van der Waals surface area contributed by atoms with E-state index in [9.17, 15) is 9.59 Å². The van der Waals surface area contributed by atoms with Crippen LogP contribution in [0, 0.1) is 0 Å². The van der Waals surface area contributed by atoms with Crippen molar-refractivity contribution in [3.63, 3.8) is 0 Å². The number of primary amides is 1. The van der Waals surface area contributed by atoms with E-state index >= 15 is 0 Å². The number of aromatic nitrogens is 1. The normalized spacial score (nSPS) is 24.3. The number of hydrogen-bond acceptors (Lipinski definition) is 6. The van der Waals surface area contributed by atoms with Gasteiger partial charge in [-0.3, -0.25) is 15.0 Å². The summed E-state index contributed by atoms with van der Waals surface area (Å²) in [6.45, 7) is 1.86. The van der Waals surface area contributed by atoms with Crippen LogP contribution in [0.25, 0.3) is 16.3 Å². The molecule has 1 saturated heterocycles. The molecule has 23 heavy (non-hydrogen) atoms. The highest BCUT2D eigenvalue weighted by Gasteiger charge is 2.37. The van der Waals surface area contributed by atoms with E-state index in [1.807, 2.05) is 31.2 Å². The third kappa shape index (κ3) is 3.39. The van der Waals surface area contributed by atoms with Gasteiger partial charge in [-0.15, -0.1) is 11.3 Å². The number of nitrogens with two attached hydrogens (primary N) is 1. The third-order valence-corrected chi connectivity index (χ3v) is 4.67. The number of para-hydroxylation sites is 1. The first-order chi connectivity index (χ1) is 11.0. The second-order valence-electron chi connectivity index (χ2n) is 5.34. The van der Waals surface area contributed by atoms with Gasteiger partial charge in [0.15, 0.2) is 0 Å². The molecular formula is C15H17N5O2S. The van der Waals surface area contributed by atoms with Crippen LogP contribution in [-0.2, 0) is 9.59 Å². The Morgan fingerprint density at radius 2 is 2.13 bits per heavy atom. The van der Waals surface area contributed by atoms with Gasteiger partial charge in [0.2, 0.25) is 11.8 Å². The molecule has 2 aromatic rings. The topological polar surface area (TPSA) is 109 Å². The average Bonchev–Trinajstić information content (AvgIpc) is 3.09. The van der Waals surface area contributed by atoms with Crippen LogP contribution in [0.2, 0.25) is 0 Å². The van der Waals surface area contributed by atoms with E-state index in [4.69, 9.17) is 5.73 Å². The van der Waals surface area contributed by atoms with Crippen molar-refractivity contribution in [3.05, 3.63) is 35.3 Å². The van der Waals surface area contributed by atoms with Gasteiger partial charge in [0.05, 0.1) is 16.3 Å². The molecule has 1 aromatic heterocycles. The SMILES string of the molecule is CC1NNC(C(N)=O)C1NC(=O)/C=C/c1nc2ccccc2s1. The van der Waals surface area contributed by atoms with Gasteiger partial charge in [-0.05, 0) is 25.1 Å². The van der Waals surface area contributed by atoms with Crippen LogP contribution in [0.1, 0.15) is 11.9 Å². The van der Waals surface area contributed by atoms with Gasteiger partial charge in [-0.25, -0.2) is 10.4 Å². The van der Waals surface area contributed by atoms with Crippen LogP contribution in [0.15, 0.2) is 30.3 Å². The highest BCUT2D eigenvalue weighted by Crippen LogP contribution is 2.22. The van der Waals surface area contributed by atoms with Crippen LogP contribution in [0.5, 0.6) is 0 Å². The summed E-state index contributed by atoms with van der Waals surface area (Å²) in [5.74, 6) is -0.805. The maximum Gasteiger partial charge on any atom is 0.244 e.